The van der Waals surface area contributed by atoms with Crippen molar-refractivity contribution in [1.29, 1.82) is 0 Å². The molecule has 0 aromatic heterocycles. The summed E-state index contributed by atoms with van der Waals surface area (Å²) >= 11 is 2.14. The highest BCUT2D eigenvalue weighted by molar-refractivity contribution is 14.2. The first kappa shape index (κ1) is 22.9. The zero-order valence-corrected chi connectivity index (χ0v) is 17.9. The van der Waals surface area contributed by atoms with Gasteiger partial charge in [-0.2, -0.15) is 0 Å². The standard InChI is InChI=1S/C16H20INO3S.C2H6/c1-16(2,3)21-15(19)18-10-4-11-20-14-7-5-13(6-8-14)9-12-22-17;1-2/h5-8H,4,10-11H2,1-3H3,(H,18,19);1-2H3. The lowest BCUT2D eigenvalue weighted by Crippen LogP contribution is -2.33. The number of carbonyl (C=O) groups excluding carboxylic acids is 1. The first-order chi connectivity index (χ1) is 11.4. The van der Waals surface area contributed by atoms with Crippen LogP contribution in [0.15, 0.2) is 24.3 Å². The largest absolute Gasteiger partial charge is 0.494 e. The number of nitrogens with one attached hydrogen (secondary N) is 1. The Labute approximate surface area is 162 Å². The highest BCUT2D eigenvalue weighted by Gasteiger charge is 2.15. The van der Waals surface area contributed by atoms with Gasteiger partial charge >= 0.3 is 6.09 Å². The molecule has 0 atom stereocenters. The molecule has 0 aliphatic heterocycles. The Kier molecular flexibility index (Phi) is 12.7. The fourth-order valence-corrected chi connectivity index (χ4v) is 1.97. The highest BCUT2D eigenvalue weighted by atomic mass is 127. The van der Waals surface area contributed by atoms with Gasteiger partial charge in [0.1, 0.15) is 11.4 Å². The van der Waals surface area contributed by atoms with Crippen molar-refractivity contribution in [1.82, 2.24) is 5.32 Å². The maximum Gasteiger partial charge on any atom is 0.407 e. The number of hydrogen-bond donors (Lipinski definition) is 1. The van der Waals surface area contributed by atoms with Gasteiger partial charge in [0.15, 0.2) is 0 Å². The Morgan fingerprint density at radius 2 is 1.88 bits per heavy atom. The molecular formula is C18H26INO3S. The molecule has 0 aliphatic rings. The number of hydrogen-bond acceptors (Lipinski definition) is 4. The van der Waals surface area contributed by atoms with Crippen molar-refractivity contribution in [2.24, 2.45) is 0 Å². The Morgan fingerprint density at radius 1 is 1.25 bits per heavy atom. The smallest absolute Gasteiger partial charge is 0.407 e. The van der Waals surface area contributed by atoms with Gasteiger partial charge in [-0.15, -0.1) is 0 Å². The van der Waals surface area contributed by atoms with E-state index in [4.69, 9.17) is 9.47 Å². The summed E-state index contributed by atoms with van der Waals surface area (Å²) < 4.78 is 10.7. The minimum Gasteiger partial charge on any atom is -0.494 e. The van der Waals surface area contributed by atoms with Crippen molar-refractivity contribution in [2.75, 3.05) is 13.2 Å². The second kappa shape index (κ2) is 13.2. The van der Waals surface area contributed by atoms with Crippen LogP contribution in [0, 0.1) is 11.2 Å². The Bertz CT molecular complexity index is 530. The van der Waals surface area contributed by atoms with Crippen LogP contribution in [-0.4, -0.2) is 24.8 Å². The van der Waals surface area contributed by atoms with Gasteiger partial charge in [-0.3, -0.25) is 0 Å². The molecule has 0 saturated heterocycles. The molecule has 0 aliphatic carbocycles. The van der Waals surface area contributed by atoms with E-state index in [-0.39, 0.29) is 0 Å². The number of benzene rings is 1. The van der Waals surface area contributed by atoms with Gasteiger partial charge in [-0.1, -0.05) is 19.8 Å². The normalized spacial score (nSPS) is 9.75. The van der Waals surface area contributed by atoms with Crippen molar-refractivity contribution in [3.8, 4) is 16.9 Å². The summed E-state index contributed by atoms with van der Waals surface area (Å²) in [7, 11) is 1.46. The summed E-state index contributed by atoms with van der Waals surface area (Å²) in [5, 5.41) is 5.63. The van der Waals surface area contributed by atoms with Crippen LogP contribution in [0.1, 0.15) is 46.6 Å². The second-order valence-electron chi connectivity index (χ2n) is 5.46. The number of carbonyl (C=O) groups is 1. The minimum atomic E-state index is -0.471. The average molecular weight is 463 g/mol. The molecule has 6 heteroatoms. The van der Waals surface area contributed by atoms with Crippen molar-refractivity contribution < 1.29 is 14.3 Å². The fraction of sp³-hybridized carbons (Fsp3) is 0.500. The van der Waals surface area contributed by atoms with Gasteiger partial charge in [-0.25, -0.2) is 4.79 Å². The van der Waals surface area contributed by atoms with E-state index in [0.29, 0.717) is 19.6 Å². The quantitative estimate of drug-likeness (QED) is 0.361. The summed E-state index contributed by atoms with van der Waals surface area (Å²) in [6.07, 6.45) is 0.315. The van der Waals surface area contributed by atoms with E-state index in [1.165, 1.54) is 8.93 Å². The molecule has 0 bridgehead atoms. The van der Waals surface area contributed by atoms with Crippen LogP contribution in [0.4, 0.5) is 4.79 Å². The highest BCUT2D eigenvalue weighted by Crippen LogP contribution is 2.13. The molecule has 0 fully saturated rings. The van der Waals surface area contributed by atoms with Gasteiger partial charge < -0.3 is 14.8 Å². The molecule has 0 unspecified atom stereocenters. The Morgan fingerprint density at radius 3 is 2.42 bits per heavy atom. The lowest BCUT2D eigenvalue weighted by molar-refractivity contribution is 0.0525. The predicted molar refractivity (Wildman–Crippen MR) is 111 cm³/mol. The van der Waals surface area contributed by atoms with E-state index >= 15 is 0 Å². The number of ether oxygens (including phenoxy) is 2. The topological polar surface area (TPSA) is 47.6 Å². The van der Waals surface area contributed by atoms with Crippen LogP contribution in [0.2, 0.25) is 0 Å². The van der Waals surface area contributed by atoms with Gasteiger partial charge in [0.05, 0.1) is 6.61 Å². The molecule has 4 nitrogen and oxygen atoms in total. The molecule has 0 radical (unpaired) electrons. The number of rotatable bonds is 5. The molecule has 0 heterocycles. The molecule has 24 heavy (non-hydrogen) atoms. The summed E-state index contributed by atoms with van der Waals surface area (Å²) in [5.74, 6) is 3.81. The maximum absolute atomic E-state index is 11.4. The summed E-state index contributed by atoms with van der Waals surface area (Å²) in [4.78, 5) is 11.4. The Balaban J connectivity index is 0.00000254. The van der Waals surface area contributed by atoms with E-state index in [1.807, 2.05) is 58.9 Å². The molecule has 1 aromatic rings. The molecule has 0 spiro atoms. The molecule has 1 aromatic carbocycles. The maximum atomic E-state index is 11.4. The predicted octanol–water partition coefficient (Wildman–Crippen LogP) is 5.40. The van der Waals surface area contributed by atoms with Crippen LogP contribution in [0.25, 0.3) is 0 Å². The van der Waals surface area contributed by atoms with Crippen LogP contribution in [0.3, 0.4) is 0 Å². The third-order valence-corrected chi connectivity index (χ3v) is 3.19. The third kappa shape index (κ3) is 12.4. The van der Waals surface area contributed by atoms with Gasteiger partial charge in [0.2, 0.25) is 0 Å². The summed E-state index contributed by atoms with van der Waals surface area (Å²) in [6.45, 7) is 10.6. The van der Waals surface area contributed by atoms with Crippen LogP contribution < -0.4 is 10.1 Å². The van der Waals surface area contributed by atoms with Gasteiger partial charge in [0, 0.05) is 33.3 Å². The van der Waals surface area contributed by atoms with E-state index in [9.17, 15) is 4.79 Å². The van der Waals surface area contributed by atoms with Gasteiger partial charge in [0.25, 0.3) is 0 Å². The van der Waals surface area contributed by atoms with Crippen LogP contribution >= 0.6 is 30.1 Å². The van der Waals surface area contributed by atoms with Crippen molar-refractivity contribution in [3.05, 3.63) is 29.8 Å². The molecule has 1 rings (SSSR count). The van der Waals surface area contributed by atoms with Crippen molar-refractivity contribution >= 4 is 36.2 Å². The fourth-order valence-electron chi connectivity index (χ4n) is 1.48. The lowest BCUT2D eigenvalue weighted by atomic mass is 10.2. The summed E-state index contributed by atoms with van der Waals surface area (Å²) in [6, 6.07) is 7.63. The first-order valence-electron chi connectivity index (χ1n) is 7.89. The SMILES string of the molecule is CC.CC(C)(C)OC(=O)NCCCOc1ccc(C#CSI)cc1. The second-order valence-corrected chi connectivity index (χ2v) is 7.14. The molecule has 134 valence electrons. The van der Waals surface area contributed by atoms with Crippen molar-refractivity contribution in [3.63, 3.8) is 0 Å². The third-order valence-electron chi connectivity index (χ3n) is 2.35. The number of halogens is 1. The van der Waals surface area contributed by atoms with Crippen molar-refractivity contribution in [2.45, 2.75) is 46.6 Å². The Hall–Kier alpha value is -1.07. The minimum absolute atomic E-state index is 0.399. The lowest BCUT2D eigenvalue weighted by Gasteiger charge is -2.19. The zero-order chi connectivity index (χ0) is 18.4. The average Bonchev–Trinajstić information content (AvgIpc) is 2.54. The van der Waals surface area contributed by atoms with E-state index < -0.39 is 11.7 Å². The van der Waals surface area contributed by atoms with Crippen LogP contribution in [0.5, 0.6) is 5.75 Å². The molecule has 1 amide bonds. The molecule has 1 N–H and O–H groups in total. The van der Waals surface area contributed by atoms with Gasteiger partial charge in [-0.05, 0) is 65.6 Å². The zero-order valence-electron chi connectivity index (χ0n) is 14.9. The molecular weight excluding hydrogens is 437 g/mol. The summed E-state index contributed by atoms with van der Waals surface area (Å²) in [5.41, 5.74) is 0.490. The van der Waals surface area contributed by atoms with E-state index in [2.05, 4.69) is 37.7 Å². The number of alkyl carbamates (subject to hydrolysis) is 1. The van der Waals surface area contributed by atoms with Crippen LogP contribution in [-0.2, 0) is 4.74 Å². The molecule has 0 saturated carbocycles. The van der Waals surface area contributed by atoms with E-state index in [0.717, 1.165) is 11.3 Å². The first-order valence-corrected chi connectivity index (χ1v) is 11.2. The number of amides is 1. The van der Waals surface area contributed by atoms with E-state index in [1.54, 1.807) is 0 Å². The monoisotopic (exact) mass is 463 g/mol.